The predicted molar refractivity (Wildman–Crippen MR) is 118 cm³/mol. The Morgan fingerprint density at radius 1 is 1.17 bits per heavy atom. The number of nitrogens with one attached hydrogen (secondary N) is 1. The molecule has 0 aromatic carbocycles. The Morgan fingerprint density at radius 3 is 2.17 bits per heavy atom. The van der Waals surface area contributed by atoms with Crippen LogP contribution in [0.25, 0.3) is 0 Å². The van der Waals surface area contributed by atoms with Gasteiger partial charge in [0.05, 0.1) is 11.8 Å². The summed E-state index contributed by atoms with van der Waals surface area (Å²) >= 11 is 0. The van der Waals surface area contributed by atoms with E-state index >= 15 is 0 Å². The number of ether oxygens (including phenoxy) is 1. The monoisotopic (exact) mass is 444 g/mol. The molecule has 0 spiro atoms. The number of carboxylic acids is 1. The summed E-state index contributed by atoms with van der Waals surface area (Å²) in [6.07, 6.45) is 0.455. The molecule has 1 heterocycles. The number of aliphatic carboxylic acids is 1. The zero-order valence-electron chi connectivity index (χ0n) is 19.8. The summed E-state index contributed by atoms with van der Waals surface area (Å²) in [4.78, 5) is 36.6. The Balaban J connectivity index is 2.92. The third-order valence-electron chi connectivity index (χ3n) is 6.20. The number of hydrogen-bond donors (Lipinski definition) is 2. The standard InChI is InChI=1S/C21H40N2O6Si/c1-14(2)30(15(3)4,21(7,8)22-16(5)24)29-10-9-23-12-18(13-28-17(6)25)11-19(23)20(26)27/h14-15,18-19H,9-13H2,1-8H3,(H,22,24)(H,26,27). The molecule has 0 saturated carbocycles. The van der Waals surface area contributed by atoms with Crippen molar-refractivity contribution >= 4 is 26.2 Å². The molecule has 1 aliphatic heterocycles. The van der Waals surface area contributed by atoms with Gasteiger partial charge in [-0.15, -0.1) is 0 Å². The van der Waals surface area contributed by atoms with Crippen LogP contribution in [-0.4, -0.2) is 73.7 Å². The van der Waals surface area contributed by atoms with Crippen molar-refractivity contribution in [1.82, 2.24) is 10.2 Å². The van der Waals surface area contributed by atoms with Crippen LogP contribution in [0.2, 0.25) is 11.1 Å². The first kappa shape index (κ1) is 26.6. The van der Waals surface area contributed by atoms with Crippen LogP contribution < -0.4 is 5.32 Å². The molecule has 0 bridgehead atoms. The number of nitrogens with zero attached hydrogens (tertiary/aromatic N) is 1. The van der Waals surface area contributed by atoms with Crippen molar-refractivity contribution in [3.8, 4) is 0 Å². The number of carbonyl (C=O) groups is 3. The molecule has 0 aromatic heterocycles. The van der Waals surface area contributed by atoms with Crippen molar-refractivity contribution in [2.24, 2.45) is 5.92 Å². The first-order valence-corrected chi connectivity index (χ1v) is 12.8. The third-order valence-corrected chi connectivity index (χ3v) is 12.4. The van der Waals surface area contributed by atoms with E-state index in [2.05, 4.69) is 33.0 Å². The lowest BCUT2D eigenvalue weighted by Gasteiger charge is -2.50. The van der Waals surface area contributed by atoms with Crippen LogP contribution in [0.1, 0.15) is 61.8 Å². The smallest absolute Gasteiger partial charge is 0.320 e. The van der Waals surface area contributed by atoms with Gasteiger partial charge in [0, 0.05) is 39.5 Å². The summed E-state index contributed by atoms with van der Waals surface area (Å²) < 4.78 is 11.7. The van der Waals surface area contributed by atoms with Gasteiger partial charge in [0.25, 0.3) is 0 Å². The van der Waals surface area contributed by atoms with Crippen molar-refractivity contribution in [2.75, 3.05) is 26.3 Å². The van der Waals surface area contributed by atoms with Crippen molar-refractivity contribution < 1.29 is 28.7 Å². The second-order valence-corrected chi connectivity index (χ2v) is 14.9. The minimum absolute atomic E-state index is 0.00280. The van der Waals surface area contributed by atoms with Gasteiger partial charge in [0.2, 0.25) is 14.2 Å². The van der Waals surface area contributed by atoms with E-state index in [9.17, 15) is 19.5 Å². The van der Waals surface area contributed by atoms with Gasteiger partial charge in [0.15, 0.2) is 0 Å². The summed E-state index contributed by atoms with van der Waals surface area (Å²) in [5, 5.41) is 12.2. The Labute approximate surface area is 181 Å². The molecule has 0 aliphatic carbocycles. The zero-order chi connectivity index (χ0) is 23.3. The summed E-state index contributed by atoms with van der Waals surface area (Å²) in [5.41, 5.74) is 0.509. The molecule has 0 radical (unpaired) electrons. The van der Waals surface area contributed by atoms with Gasteiger partial charge >= 0.3 is 11.9 Å². The van der Waals surface area contributed by atoms with Crippen molar-refractivity contribution in [3.63, 3.8) is 0 Å². The molecule has 1 saturated heterocycles. The van der Waals surface area contributed by atoms with E-state index in [1.54, 1.807) is 0 Å². The average molecular weight is 445 g/mol. The average Bonchev–Trinajstić information content (AvgIpc) is 2.98. The Kier molecular flexibility index (Phi) is 9.50. The van der Waals surface area contributed by atoms with Gasteiger partial charge in [-0.2, -0.15) is 0 Å². The van der Waals surface area contributed by atoms with Crippen molar-refractivity contribution in [1.29, 1.82) is 0 Å². The summed E-state index contributed by atoms with van der Waals surface area (Å²) in [7, 11) is -2.48. The maximum absolute atomic E-state index is 11.8. The lowest BCUT2D eigenvalue weighted by Crippen LogP contribution is -2.69. The SMILES string of the molecule is CC(=O)NC(C)(C)[Si](OCCN1CC(COC(C)=O)CC1C(=O)O)(C(C)C)C(C)C. The fraction of sp³-hybridized carbons (Fsp3) is 0.857. The van der Waals surface area contributed by atoms with E-state index in [0.717, 1.165) is 0 Å². The number of likely N-dealkylation sites (tertiary alicyclic amines) is 1. The van der Waals surface area contributed by atoms with E-state index in [1.165, 1.54) is 13.8 Å². The van der Waals surface area contributed by atoms with Crippen LogP contribution in [0.3, 0.4) is 0 Å². The summed E-state index contributed by atoms with van der Waals surface area (Å²) in [5.74, 6) is -1.30. The zero-order valence-corrected chi connectivity index (χ0v) is 20.8. The maximum Gasteiger partial charge on any atom is 0.320 e. The number of carbonyl (C=O) groups excluding carboxylic acids is 2. The molecule has 9 heteroatoms. The molecular formula is C21H40N2O6Si. The van der Waals surface area contributed by atoms with Crippen LogP contribution in [0.5, 0.6) is 0 Å². The highest BCUT2D eigenvalue weighted by Crippen LogP contribution is 2.41. The van der Waals surface area contributed by atoms with Gasteiger partial charge in [-0.3, -0.25) is 19.3 Å². The van der Waals surface area contributed by atoms with E-state index in [4.69, 9.17) is 9.16 Å². The van der Waals surface area contributed by atoms with E-state index in [-0.39, 0.29) is 35.5 Å². The topological polar surface area (TPSA) is 105 Å². The first-order valence-electron chi connectivity index (χ1n) is 10.8. The van der Waals surface area contributed by atoms with E-state index in [0.29, 0.717) is 26.1 Å². The molecule has 0 aromatic rings. The number of esters is 1. The minimum atomic E-state index is -2.48. The Bertz CT molecular complexity index is 615. The van der Waals surface area contributed by atoms with Crippen LogP contribution in [-0.2, 0) is 23.5 Å². The lowest BCUT2D eigenvalue weighted by atomic mass is 10.1. The van der Waals surface area contributed by atoms with E-state index in [1.807, 2.05) is 18.7 Å². The minimum Gasteiger partial charge on any atom is -0.480 e. The van der Waals surface area contributed by atoms with Gasteiger partial charge in [-0.25, -0.2) is 0 Å². The predicted octanol–water partition coefficient (Wildman–Crippen LogP) is 2.56. The van der Waals surface area contributed by atoms with Crippen molar-refractivity contribution in [3.05, 3.63) is 0 Å². The molecule has 30 heavy (non-hydrogen) atoms. The van der Waals surface area contributed by atoms with E-state index < -0.39 is 25.5 Å². The molecule has 1 amide bonds. The fourth-order valence-electron chi connectivity index (χ4n) is 5.35. The largest absolute Gasteiger partial charge is 0.480 e. The third kappa shape index (κ3) is 6.27. The van der Waals surface area contributed by atoms with Gasteiger partial charge in [-0.05, 0) is 31.4 Å². The van der Waals surface area contributed by atoms with Gasteiger partial charge in [0.1, 0.15) is 6.04 Å². The summed E-state index contributed by atoms with van der Waals surface area (Å²) in [6.45, 7) is 17.2. The second-order valence-electron chi connectivity index (χ2n) is 9.51. The molecule has 2 atom stereocenters. The molecule has 2 unspecified atom stereocenters. The number of rotatable bonds is 11. The molecule has 174 valence electrons. The number of hydrogen-bond acceptors (Lipinski definition) is 6. The second kappa shape index (κ2) is 10.7. The van der Waals surface area contributed by atoms with Crippen LogP contribution in [0.4, 0.5) is 0 Å². The first-order chi connectivity index (χ1) is 13.7. The number of amides is 1. The normalized spacial score (nSPS) is 20.6. The highest BCUT2D eigenvalue weighted by Gasteiger charge is 2.55. The molecule has 2 N–H and O–H groups in total. The molecule has 1 fully saturated rings. The van der Waals surface area contributed by atoms with Gasteiger partial charge < -0.3 is 19.6 Å². The highest BCUT2D eigenvalue weighted by atomic mass is 28.4. The molecule has 1 rings (SSSR count). The van der Waals surface area contributed by atoms with Crippen molar-refractivity contribution in [2.45, 2.75) is 84.1 Å². The lowest BCUT2D eigenvalue weighted by molar-refractivity contribution is -0.142. The number of carboxylic acid groups (broad SMARTS) is 1. The maximum atomic E-state index is 11.8. The Morgan fingerprint density at radius 2 is 1.73 bits per heavy atom. The highest BCUT2D eigenvalue weighted by molar-refractivity contribution is 6.79. The fourth-order valence-corrected chi connectivity index (χ4v) is 11.4. The molecule has 1 aliphatic rings. The Hall–Kier alpha value is -1.45. The van der Waals surface area contributed by atoms with Gasteiger partial charge in [-0.1, -0.05) is 27.7 Å². The summed E-state index contributed by atoms with van der Waals surface area (Å²) in [6, 6.07) is -0.605. The van der Waals surface area contributed by atoms with Crippen LogP contribution >= 0.6 is 0 Å². The van der Waals surface area contributed by atoms with Crippen LogP contribution in [0, 0.1) is 5.92 Å². The molecule has 8 nitrogen and oxygen atoms in total. The quantitative estimate of drug-likeness (QED) is 0.373. The van der Waals surface area contributed by atoms with Crippen LogP contribution in [0.15, 0.2) is 0 Å². The molecular weight excluding hydrogens is 404 g/mol.